The molecule has 0 atom stereocenters. The summed E-state index contributed by atoms with van der Waals surface area (Å²) in [6.07, 6.45) is 1.49. The van der Waals surface area contributed by atoms with Crippen LogP contribution in [0.2, 0.25) is 0 Å². The number of thioether (sulfide) groups is 1. The van der Waals surface area contributed by atoms with Crippen molar-refractivity contribution in [2.45, 2.75) is 10.4 Å². The van der Waals surface area contributed by atoms with Crippen molar-refractivity contribution < 1.29 is 17.6 Å². The zero-order valence-corrected chi connectivity index (χ0v) is 8.81. The Hall–Kier alpha value is -1.36. The minimum atomic E-state index is -4.26. The zero-order chi connectivity index (χ0) is 11.6. The van der Waals surface area contributed by atoms with Crippen molar-refractivity contribution in [3.05, 3.63) is 42.7 Å². The molecule has 84 valence electrons. The molecule has 0 N–H and O–H groups in total. The van der Waals surface area contributed by atoms with E-state index < -0.39 is 5.51 Å². The second-order valence-corrected chi connectivity index (χ2v) is 4.19. The first-order chi connectivity index (χ1) is 7.54. The van der Waals surface area contributed by atoms with Gasteiger partial charge in [0.25, 0.3) is 0 Å². The molecule has 16 heavy (non-hydrogen) atoms. The van der Waals surface area contributed by atoms with Crippen molar-refractivity contribution in [3.63, 3.8) is 0 Å². The average molecular weight is 244 g/mol. The Labute approximate surface area is 94.3 Å². The summed E-state index contributed by atoms with van der Waals surface area (Å²) in [7, 11) is 0. The van der Waals surface area contributed by atoms with Gasteiger partial charge in [0.2, 0.25) is 0 Å². The Balaban J connectivity index is 2.27. The Morgan fingerprint density at radius 3 is 2.50 bits per heavy atom. The van der Waals surface area contributed by atoms with Crippen LogP contribution in [0, 0.1) is 0 Å². The number of rotatable bonds is 2. The van der Waals surface area contributed by atoms with Crippen molar-refractivity contribution in [1.82, 2.24) is 0 Å². The molecule has 1 heterocycles. The molecule has 0 aliphatic rings. The van der Waals surface area contributed by atoms with Gasteiger partial charge in [-0.15, -0.1) is 0 Å². The third-order valence-electron chi connectivity index (χ3n) is 1.87. The summed E-state index contributed by atoms with van der Waals surface area (Å²) in [5.74, 6) is 0.560. The van der Waals surface area contributed by atoms with E-state index in [1.54, 1.807) is 24.3 Å². The molecule has 0 fully saturated rings. The zero-order valence-electron chi connectivity index (χ0n) is 7.99. The molecular formula is C11H7F3OS. The number of hydrogen-bond acceptors (Lipinski definition) is 2. The van der Waals surface area contributed by atoms with Crippen LogP contribution in [0.15, 0.2) is 52.0 Å². The summed E-state index contributed by atoms with van der Waals surface area (Å²) in [4.78, 5) is 0.154. The van der Waals surface area contributed by atoms with Gasteiger partial charge in [0.05, 0.1) is 6.26 Å². The minimum Gasteiger partial charge on any atom is -0.464 e. The molecule has 5 heteroatoms. The molecule has 0 aliphatic carbocycles. The maximum absolute atomic E-state index is 12.2. The summed E-state index contributed by atoms with van der Waals surface area (Å²) in [6.45, 7) is 0. The lowest BCUT2D eigenvalue weighted by molar-refractivity contribution is -0.0328. The normalized spacial score (nSPS) is 11.7. The fourth-order valence-corrected chi connectivity index (χ4v) is 1.89. The largest absolute Gasteiger partial charge is 0.464 e. The molecule has 1 nitrogen and oxygen atoms in total. The van der Waals surface area contributed by atoms with Gasteiger partial charge in [0.1, 0.15) is 5.76 Å². The molecule has 0 aliphatic heterocycles. The van der Waals surface area contributed by atoms with Crippen LogP contribution in [0.1, 0.15) is 0 Å². The fraction of sp³-hybridized carbons (Fsp3) is 0.0909. The van der Waals surface area contributed by atoms with Crippen LogP contribution < -0.4 is 0 Å². The molecule has 1 aromatic heterocycles. The highest BCUT2D eigenvalue weighted by atomic mass is 32.2. The van der Waals surface area contributed by atoms with Crippen LogP contribution in [-0.4, -0.2) is 5.51 Å². The summed E-state index contributed by atoms with van der Waals surface area (Å²) in [5, 5.41) is 0. The number of halogens is 3. The Bertz CT molecular complexity index is 462. The lowest BCUT2D eigenvalue weighted by atomic mass is 10.2. The number of alkyl halides is 3. The summed E-state index contributed by atoms with van der Waals surface area (Å²) in [5.41, 5.74) is -3.62. The lowest BCUT2D eigenvalue weighted by Crippen LogP contribution is -1.98. The SMILES string of the molecule is FC(F)(F)Sc1cccc(-c2ccco2)c1. The van der Waals surface area contributed by atoms with Crippen LogP contribution in [0.25, 0.3) is 11.3 Å². The van der Waals surface area contributed by atoms with Crippen LogP contribution in [0.4, 0.5) is 13.2 Å². The van der Waals surface area contributed by atoms with E-state index >= 15 is 0 Å². The van der Waals surface area contributed by atoms with Gasteiger partial charge >= 0.3 is 5.51 Å². The Kier molecular flexibility index (Phi) is 2.96. The summed E-state index contributed by atoms with van der Waals surface area (Å²) >= 11 is -0.129. The molecule has 0 saturated carbocycles. The molecule has 0 unspecified atom stereocenters. The first kappa shape index (κ1) is 11.1. The molecule has 0 bridgehead atoms. The van der Waals surface area contributed by atoms with E-state index in [1.807, 2.05) is 0 Å². The standard InChI is InChI=1S/C11H7F3OS/c12-11(13,14)16-9-4-1-3-8(7-9)10-5-2-6-15-10/h1-7H. The maximum Gasteiger partial charge on any atom is 0.446 e. The minimum absolute atomic E-state index is 0.129. The number of benzene rings is 1. The molecule has 0 radical (unpaired) electrons. The van der Waals surface area contributed by atoms with Crippen LogP contribution in [0.5, 0.6) is 0 Å². The highest BCUT2D eigenvalue weighted by molar-refractivity contribution is 8.00. The molecule has 2 rings (SSSR count). The second kappa shape index (κ2) is 4.25. The number of furan rings is 1. The molecular weight excluding hydrogens is 237 g/mol. The van der Waals surface area contributed by atoms with Crippen LogP contribution >= 0.6 is 11.8 Å². The van der Waals surface area contributed by atoms with Gasteiger partial charge < -0.3 is 4.42 Å². The Morgan fingerprint density at radius 1 is 1.06 bits per heavy atom. The van der Waals surface area contributed by atoms with Crippen molar-refractivity contribution in [2.24, 2.45) is 0 Å². The molecule has 1 aromatic carbocycles. The predicted octanol–water partition coefficient (Wildman–Crippen LogP) is 4.56. The molecule has 0 spiro atoms. The van der Waals surface area contributed by atoms with Gasteiger partial charge in [0, 0.05) is 10.5 Å². The van der Waals surface area contributed by atoms with Gasteiger partial charge in [-0.2, -0.15) is 13.2 Å². The van der Waals surface area contributed by atoms with Crippen LogP contribution in [0.3, 0.4) is 0 Å². The summed E-state index contributed by atoms with van der Waals surface area (Å²) in [6, 6.07) is 9.56. The van der Waals surface area contributed by atoms with E-state index in [1.165, 1.54) is 18.4 Å². The van der Waals surface area contributed by atoms with Crippen molar-refractivity contribution in [3.8, 4) is 11.3 Å². The summed E-state index contributed by atoms with van der Waals surface area (Å²) < 4.78 is 41.6. The smallest absolute Gasteiger partial charge is 0.446 e. The third kappa shape index (κ3) is 2.82. The topological polar surface area (TPSA) is 13.1 Å². The van der Waals surface area contributed by atoms with E-state index in [0.717, 1.165) is 0 Å². The highest BCUT2D eigenvalue weighted by Gasteiger charge is 2.29. The van der Waals surface area contributed by atoms with Gasteiger partial charge in [-0.05, 0) is 36.0 Å². The first-order valence-corrected chi connectivity index (χ1v) is 5.26. The third-order valence-corrected chi connectivity index (χ3v) is 2.59. The molecule has 2 aromatic rings. The molecule has 0 saturated heterocycles. The van der Waals surface area contributed by atoms with Gasteiger partial charge in [-0.3, -0.25) is 0 Å². The van der Waals surface area contributed by atoms with E-state index in [4.69, 9.17) is 4.42 Å². The van der Waals surface area contributed by atoms with Crippen LogP contribution in [-0.2, 0) is 0 Å². The predicted molar refractivity (Wildman–Crippen MR) is 56.1 cm³/mol. The Morgan fingerprint density at radius 2 is 1.88 bits per heavy atom. The van der Waals surface area contributed by atoms with E-state index in [9.17, 15) is 13.2 Å². The van der Waals surface area contributed by atoms with Gasteiger partial charge in [-0.1, -0.05) is 12.1 Å². The monoisotopic (exact) mass is 244 g/mol. The van der Waals surface area contributed by atoms with Crippen molar-refractivity contribution >= 4 is 11.8 Å². The maximum atomic E-state index is 12.2. The van der Waals surface area contributed by atoms with Crippen molar-refractivity contribution in [1.29, 1.82) is 0 Å². The number of hydrogen-bond donors (Lipinski definition) is 0. The molecule has 0 amide bonds. The van der Waals surface area contributed by atoms with Gasteiger partial charge in [-0.25, -0.2) is 0 Å². The van der Waals surface area contributed by atoms with E-state index in [0.29, 0.717) is 11.3 Å². The first-order valence-electron chi connectivity index (χ1n) is 4.44. The second-order valence-electron chi connectivity index (χ2n) is 3.05. The lowest BCUT2D eigenvalue weighted by Gasteiger charge is -2.06. The average Bonchev–Trinajstić information content (AvgIpc) is 2.68. The fourth-order valence-electron chi connectivity index (χ4n) is 1.29. The quantitative estimate of drug-likeness (QED) is 0.718. The van der Waals surface area contributed by atoms with Crippen molar-refractivity contribution in [2.75, 3.05) is 0 Å². The highest BCUT2D eigenvalue weighted by Crippen LogP contribution is 2.38. The van der Waals surface area contributed by atoms with Gasteiger partial charge in [0.15, 0.2) is 0 Å². The van der Waals surface area contributed by atoms with E-state index in [2.05, 4.69) is 0 Å². The van der Waals surface area contributed by atoms with E-state index in [-0.39, 0.29) is 16.7 Å².